The third-order valence-corrected chi connectivity index (χ3v) is 4.15. The number of hydrogen-bond acceptors (Lipinski definition) is 4. The highest BCUT2D eigenvalue weighted by Crippen LogP contribution is 2.55. The van der Waals surface area contributed by atoms with Gasteiger partial charge in [-0.3, -0.25) is 0 Å². The Bertz CT molecular complexity index is 511. The average molecular weight is 278 g/mol. The maximum atomic E-state index is 12.1. The molecule has 2 atom stereocenters. The molecule has 1 aliphatic heterocycles. The molecular formula is C16H22O4. The Hall–Kier alpha value is -1.55. The molecule has 1 aliphatic rings. The van der Waals surface area contributed by atoms with Crippen molar-refractivity contribution in [2.45, 2.75) is 38.4 Å². The minimum Gasteiger partial charge on any atom is -0.496 e. The van der Waals surface area contributed by atoms with Crippen molar-refractivity contribution in [2.24, 2.45) is 5.92 Å². The van der Waals surface area contributed by atoms with Crippen molar-refractivity contribution < 1.29 is 19.0 Å². The Morgan fingerprint density at radius 3 is 2.50 bits per heavy atom. The Kier molecular flexibility index (Phi) is 3.78. The van der Waals surface area contributed by atoms with Gasteiger partial charge in [-0.25, -0.2) is 4.79 Å². The van der Waals surface area contributed by atoms with Crippen LogP contribution in [0, 0.1) is 5.92 Å². The Morgan fingerprint density at radius 2 is 1.95 bits per heavy atom. The molecule has 4 heteroatoms. The average Bonchev–Trinajstić information content (AvgIpc) is 3.05. The summed E-state index contributed by atoms with van der Waals surface area (Å²) in [6.07, 6.45) is 0.615. The van der Waals surface area contributed by atoms with Gasteiger partial charge in [0.25, 0.3) is 0 Å². The monoisotopic (exact) mass is 278 g/mol. The number of methoxy groups -OCH3 is 2. The van der Waals surface area contributed by atoms with Gasteiger partial charge in [0.2, 0.25) is 0 Å². The Balaban J connectivity index is 2.28. The van der Waals surface area contributed by atoms with Crippen LogP contribution in [0.15, 0.2) is 24.3 Å². The molecule has 0 bridgehead atoms. The number of carbonyl (C=O) groups is 1. The fourth-order valence-electron chi connectivity index (χ4n) is 3.08. The van der Waals surface area contributed by atoms with Gasteiger partial charge in [0.15, 0.2) is 5.60 Å². The summed E-state index contributed by atoms with van der Waals surface area (Å²) in [7, 11) is 3.04. The van der Waals surface area contributed by atoms with E-state index in [0.717, 1.165) is 11.3 Å². The zero-order valence-corrected chi connectivity index (χ0v) is 12.7. The summed E-state index contributed by atoms with van der Waals surface area (Å²) < 4.78 is 16.2. The lowest BCUT2D eigenvalue weighted by Crippen LogP contribution is -2.39. The lowest BCUT2D eigenvalue weighted by molar-refractivity contribution is -0.148. The molecule has 1 saturated heterocycles. The first-order chi connectivity index (χ1) is 9.41. The van der Waals surface area contributed by atoms with Gasteiger partial charge in [-0.2, -0.15) is 0 Å². The number of benzene rings is 1. The highest BCUT2D eigenvalue weighted by Gasteiger charge is 2.74. The molecule has 1 aromatic carbocycles. The number of ether oxygens (including phenoxy) is 3. The highest BCUT2D eigenvalue weighted by atomic mass is 16.7. The summed E-state index contributed by atoms with van der Waals surface area (Å²) in [6.45, 7) is 5.91. The lowest BCUT2D eigenvalue weighted by Gasteiger charge is -2.19. The van der Waals surface area contributed by atoms with E-state index in [1.165, 1.54) is 7.11 Å². The van der Waals surface area contributed by atoms with Crippen LogP contribution in [-0.4, -0.2) is 31.4 Å². The number of esters is 1. The first-order valence-electron chi connectivity index (χ1n) is 6.81. The van der Waals surface area contributed by atoms with Crippen LogP contribution in [0.4, 0.5) is 0 Å². The number of rotatable bonds is 5. The molecular weight excluding hydrogens is 256 g/mol. The second kappa shape index (κ2) is 5.09. The number of para-hydroxylation sites is 1. The van der Waals surface area contributed by atoms with Crippen molar-refractivity contribution in [1.29, 1.82) is 0 Å². The minimum atomic E-state index is -0.859. The van der Waals surface area contributed by atoms with E-state index in [-0.39, 0.29) is 11.9 Å². The maximum absolute atomic E-state index is 12.1. The summed E-state index contributed by atoms with van der Waals surface area (Å²) >= 11 is 0. The van der Waals surface area contributed by atoms with Crippen LogP contribution in [-0.2, 0) is 20.7 Å². The van der Waals surface area contributed by atoms with Crippen LogP contribution in [0.3, 0.4) is 0 Å². The SMILES string of the molecule is COC(=O)C1(C(C)C)OC1(C)Cc1ccccc1OC. The fraction of sp³-hybridized carbons (Fsp3) is 0.562. The van der Waals surface area contributed by atoms with Crippen LogP contribution >= 0.6 is 0 Å². The highest BCUT2D eigenvalue weighted by molar-refractivity contribution is 5.85. The fourth-order valence-corrected chi connectivity index (χ4v) is 3.08. The van der Waals surface area contributed by atoms with E-state index < -0.39 is 11.2 Å². The summed E-state index contributed by atoms with van der Waals surface area (Å²) in [5, 5.41) is 0. The number of epoxide rings is 1. The third kappa shape index (κ3) is 2.08. The molecule has 110 valence electrons. The van der Waals surface area contributed by atoms with Crippen molar-refractivity contribution >= 4 is 5.97 Å². The Labute approximate surface area is 120 Å². The van der Waals surface area contributed by atoms with Gasteiger partial charge >= 0.3 is 5.97 Å². The normalized spacial score (nSPS) is 28.3. The Morgan fingerprint density at radius 1 is 1.30 bits per heavy atom. The van der Waals surface area contributed by atoms with Gasteiger partial charge in [-0.15, -0.1) is 0 Å². The topological polar surface area (TPSA) is 48.1 Å². The minimum absolute atomic E-state index is 0.0506. The van der Waals surface area contributed by atoms with E-state index in [1.54, 1.807) is 7.11 Å². The summed E-state index contributed by atoms with van der Waals surface area (Å²) in [5.41, 5.74) is -0.380. The van der Waals surface area contributed by atoms with Crippen molar-refractivity contribution in [1.82, 2.24) is 0 Å². The molecule has 0 saturated carbocycles. The number of hydrogen-bond donors (Lipinski definition) is 0. The standard InChI is InChI=1S/C16H22O4/c1-11(2)16(14(17)19-5)15(3,20-16)10-12-8-6-7-9-13(12)18-4/h6-9,11H,10H2,1-5H3. The van der Waals surface area contributed by atoms with E-state index in [2.05, 4.69) is 0 Å². The van der Waals surface area contributed by atoms with Crippen molar-refractivity contribution in [3.63, 3.8) is 0 Å². The number of carbonyl (C=O) groups excluding carboxylic acids is 1. The van der Waals surface area contributed by atoms with Crippen LogP contribution in [0.5, 0.6) is 5.75 Å². The largest absolute Gasteiger partial charge is 0.496 e. The van der Waals surface area contributed by atoms with Gasteiger partial charge in [-0.1, -0.05) is 32.0 Å². The van der Waals surface area contributed by atoms with Gasteiger partial charge in [0, 0.05) is 6.42 Å². The molecule has 2 unspecified atom stereocenters. The second-order valence-electron chi connectivity index (χ2n) is 5.70. The maximum Gasteiger partial charge on any atom is 0.341 e. The molecule has 20 heavy (non-hydrogen) atoms. The van der Waals surface area contributed by atoms with E-state index in [9.17, 15) is 4.79 Å². The first kappa shape index (κ1) is 14.9. The molecule has 0 N–H and O–H groups in total. The third-order valence-electron chi connectivity index (χ3n) is 4.15. The smallest absolute Gasteiger partial charge is 0.341 e. The molecule has 0 aromatic heterocycles. The lowest BCUT2D eigenvalue weighted by atomic mass is 9.81. The van der Waals surface area contributed by atoms with E-state index in [4.69, 9.17) is 14.2 Å². The first-order valence-corrected chi connectivity index (χ1v) is 6.81. The van der Waals surface area contributed by atoms with E-state index >= 15 is 0 Å². The zero-order valence-electron chi connectivity index (χ0n) is 12.7. The van der Waals surface area contributed by atoms with Crippen molar-refractivity contribution in [3.8, 4) is 5.75 Å². The summed E-state index contributed by atoms with van der Waals surface area (Å²) in [4.78, 5) is 12.1. The van der Waals surface area contributed by atoms with Crippen molar-refractivity contribution in [2.75, 3.05) is 14.2 Å². The molecule has 0 radical (unpaired) electrons. The molecule has 0 spiro atoms. The van der Waals surface area contributed by atoms with E-state index in [1.807, 2.05) is 45.0 Å². The molecule has 4 nitrogen and oxygen atoms in total. The van der Waals surface area contributed by atoms with Gasteiger partial charge in [0.05, 0.1) is 14.2 Å². The quantitative estimate of drug-likeness (QED) is 0.613. The predicted molar refractivity (Wildman–Crippen MR) is 75.8 cm³/mol. The second-order valence-corrected chi connectivity index (χ2v) is 5.70. The van der Waals surface area contributed by atoms with Gasteiger partial charge < -0.3 is 14.2 Å². The van der Waals surface area contributed by atoms with Crippen LogP contribution < -0.4 is 4.74 Å². The van der Waals surface area contributed by atoms with E-state index in [0.29, 0.717) is 6.42 Å². The molecule has 2 rings (SSSR count). The van der Waals surface area contributed by atoms with Crippen molar-refractivity contribution in [3.05, 3.63) is 29.8 Å². The van der Waals surface area contributed by atoms with Crippen LogP contribution in [0.2, 0.25) is 0 Å². The molecule has 1 fully saturated rings. The molecule has 1 heterocycles. The molecule has 0 aliphatic carbocycles. The predicted octanol–water partition coefficient (Wildman–Crippen LogP) is 2.59. The van der Waals surface area contributed by atoms with Crippen LogP contribution in [0.1, 0.15) is 26.3 Å². The summed E-state index contributed by atoms with van der Waals surface area (Å²) in [6, 6.07) is 7.79. The molecule has 1 aromatic rings. The summed E-state index contributed by atoms with van der Waals surface area (Å²) in [5.74, 6) is 0.561. The van der Waals surface area contributed by atoms with Crippen LogP contribution in [0.25, 0.3) is 0 Å². The van der Waals surface area contributed by atoms with Gasteiger partial charge in [-0.05, 0) is 24.5 Å². The molecule has 0 amide bonds. The van der Waals surface area contributed by atoms with Gasteiger partial charge in [0.1, 0.15) is 11.4 Å². The zero-order chi connectivity index (χ0) is 15.0.